The number of H-pyrrole nitrogens is 1. The lowest BCUT2D eigenvalue weighted by Crippen LogP contribution is -2.34. The molecule has 0 radical (unpaired) electrons. The molecule has 0 fully saturated rings. The van der Waals surface area contributed by atoms with Gasteiger partial charge in [0.1, 0.15) is 17.2 Å². The fourth-order valence-electron chi connectivity index (χ4n) is 3.84. The smallest absolute Gasteiger partial charge is 0.342 e. The van der Waals surface area contributed by atoms with Crippen molar-refractivity contribution in [2.24, 2.45) is 5.10 Å². The fourth-order valence-corrected chi connectivity index (χ4v) is 5.06. The van der Waals surface area contributed by atoms with Crippen LogP contribution in [0.2, 0.25) is 0 Å². The Morgan fingerprint density at radius 3 is 2.45 bits per heavy atom. The van der Waals surface area contributed by atoms with E-state index in [-0.39, 0.29) is 28.6 Å². The van der Waals surface area contributed by atoms with Crippen molar-refractivity contribution in [3.63, 3.8) is 0 Å². The summed E-state index contributed by atoms with van der Waals surface area (Å²) in [5.41, 5.74) is 6.22. The minimum Gasteiger partial charge on any atom is -0.869 e. The van der Waals surface area contributed by atoms with E-state index in [4.69, 9.17) is 9.47 Å². The number of benzene rings is 3. The summed E-state index contributed by atoms with van der Waals surface area (Å²) in [6.07, 6.45) is 1.45. The van der Waals surface area contributed by atoms with Gasteiger partial charge < -0.3 is 14.6 Å². The van der Waals surface area contributed by atoms with Crippen LogP contribution < -0.4 is 24.6 Å². The highest BCUT2D eigenvalue weighted by Gasteiger charge is 2.25. The second kappa shape index (κ2) is 12.6. The standard InChI is InChI=1S/C29H30BrN5O4S/c1-29(2,3)20-8-6-19(7-9-20)27-33-34-28(35(27)21-10-12-22(38-4)13-11-21)40-17-25(36)32-31-16-18-14-23(30)26(37)24(15-18)39-5/h6-16H,17H2,1-5H3,(H2,31,32,36,37). The van der Waals surface area contributed by atoms with Gasteiger partial charge >= 0.3 is 5.16 Å². The van der Waals surface area contributed by atoms with Gasteiger partial charge in [-0.2, -0.15) is 9.67 Å². The Labute approximate surface area is 245 Å². The van der Waals surface area contributed by atoms with Crippen molar-refractivity contribution in [1.29, 1.82) is 0 Å². The second-order valence-electron chi connectivity index (χ2n) is 9.83. The number of hydrogen-bond donors (Lipinski definition) is 2. The van der Waals surface area contributed by atoms with Gasteiger partial charge in [-0.3, -0.25) is 4.79 Å². The quantitative estimate of drug-likeness (QED) is 0.120. The third-order valence-electron chi connectivity index (χ3n) is 6.01. The van der Waals surface area contributed by atoms with Crippen molar-refractivity contribution in [3.05, 3.63) is 76.3 Å². The maximum Gasteiger partial charge on any atom is 0.342 e. The third kappa shape index (κ3) is 6.83. The first kappa shape index (κ1) is 29.2. The molecule has 0 saturated carbocycles. The molecule has 4 aromatic rings. The number of hydrazone groups is 1. The van der Waals surface area contributed by atoms with Crippen LogP contribution in [-0.2, 0) is 10.2 Å². The molecule has 0 bridgehead atoms. The van der Waals surface area contributed by atoms with E-state index in [1.807, 2.05) is 28.8 Å². The van der Waals surface area contributed by atoms with Crippen LogP contribution in [0.3, 0.4) is 0 Å². The van der Waals surface area contributed by atoms with Crippen LogP contribution in [0.5, 0.6) is 17.2 Å². The Morgan fingerprint density at radius 2 is 1.82 bits per heavy atom. The summed E-state index contributed by atoms with van der Waals surface area (Å²) in [4.78, 5) is 12.6. The minimum atomic E-state index is -0.312. The largest absolute Gasteiger partial charge is 0.869 e. The minimum absolute atomic E-state index is 0.0391. The summed E-state index contributed by atoms with van der Waals surface area (Å²) in [6.45, 7) is 6.53. The van der Waals surface area contributed by atoms with Crippen LogP contribution in [-0.4, -0.2) is 42.3 Å². The van der Waals surface area contributed by atoms with Gasteiger partial charge in [-0.15, -0.1) is 5.10 Å². The van der Waals surface area contributed by atoms with Crippen LogP contribution in [0.15, 0.2) is 75.4 Å². The molecular formula is C29H30BrN5O4S. The molecular weight excluding hydrogens is 594 g/mol. The molecule has 0 aliphatic rings. The van der Waals surface area contributed by atoms with Crippen LogP contribution in [0, 0.1) is 0 Å². The van der Waals surface area contributed by atoms with Gasteiger partial charge in [0, 0.05) is 4.47 Å². The predicted molar refractivity (Wildman–Crippen MR) is 157 cm³/mol. The first-order valence-electron chi connectivity index (χ1n) is 12.4. The topological polar surface area (TPSA) is 116 Å². The number of aromatic nitrogens is 3. The molecule has 208 valence electrons. The molecule has 11 heteroatoms. The summed E-state index contributed by atoms with van der Waals surface area (Å²) in [7, 11) is 3.04. The average molecular weight is 625 g/mol. The average Bonchev–Trinajstić information content (AvgIpc) is 3.37. The van der Waals surface area contributed by atoms with E-state index in [1.165, 1.54) is 30.6 Å². The van der Waals surface area contributed by atoms with E-state index in [9.17, 15) is 9.90 Å². The van der Waals surface area contributed by atoms with E-state index in [2.05, 4.69) is 81.7 Å². The highest BCUT2D eigenvalue weighted by atomic mass is 79.9. The first-order chi connectivity index (χ1) is 19.1. The van der Waals surface area contributed by atoms with Crippen LogP contribution in [0.1, 0.15) is 31.9 Å². The van der Waals surface area contributed by atoms with Crippen molar-refractivity contribution >= 4 is 39.8 Å². The lowest BCUT2D eigenvalue weighted by molar-refractivity contribution is -0.625. The molecule has 0 aliphatic heterocycles. The zero-order valence-corrected chi connectivity index (χ0v) is 25.2. The predicted octanol–water partition coefficient (Wildman–Crippen LogP) is 4.75. The molecule has 1 aromatic heterocycles. The molecule has 3 aromatic carbocycles. The number of amides is 1. The van der Waals surface area contributed by atoms with Gasteiger partial charge in [0.25, 0.3) is 11.7 Å². The van der Waals surface area contributed by atoms with Gasteiger partial charge in [-0.05, 0) is 76.8 Å². The number of hydrogen-bond acceptors (Lipinski definition) is 7. The lowest BCUT2D eigenvalue weighted by atomic mass is 9.87. The van der Waals surface area contributed by atoms with Crippen molar-refractivity contribution in [2.75, 3.05) is 20.0 Å². The fraction of sp³-hybridized carbons (Fsp3) is 0.241. The van der Waals surface area contributed by atoms with Gasteiger partial charge in [-0.1, -0.05) is 54.6 Å². The number of carbonyl (C=O) groups is 1. The van der Waals surface area contributed by atoms with E-state index in [0.717, 1.165) is 22.8 Å². The zero-order valence-electron chi connectivity index (χ0n) is 22.8. The van der Waals surface area contributed by atoms with Gasteiger partial charge in [0.2, 0.25) is 0 Å². The zero-order chi connectivity index (χ0) is 28.9. The van der Waals surface area contributed by atoms with Gasteiger partial charge in [-0.25, -0.2) is 5.43 Å². The Balaban J connectivity index is 1.53. The number of thioether (sulfide) groups is 1. The molecule has 4 rings (SSSR count). The SMILES string of the molecule is COc1ccc(-[n+]2c(SCC(=O)N/N=C/c3cc(Br)c([O-])c(OC)c3)n[nH]c2-c2ccc(C(C)(C)C)cc2)cc1. The Bertz CT molecular complexity index is 1510. The van der Waals surface area contributed by atoms with E-state index in [0.29, 0.717) is 15.2 Å². The number of methoxy groups -OCH3 is 2. The third-order valence-corrected chi connectivity index (χ3v) is 7.54. The monoisotopic (exact) mass is 623 g/mol. The van der Waals surface area contributed by atoms with Crippen molar-refractivity contribution < 1.29 is 23.9 Å². The maximum absolute atomic E-state index is 12.6. The molecule has 9 nitrogen and oxygen atoms in total. The number of rotatable bonds is 9. The van der Waals surface area contributed by atoms with E-state index >= 15 is 0 Å². The summed E-state index contributed by atoms with van der Waals surface area (Å²) >= 11 is 4.48. The summed E-state index contributed by atoms with van der Waals surface area (Å²) < 4.78 is 12.7. The molecule has 1 heterocycles. The van der Waals surface area contributed by atoms with Crippen molar-refractivity contribution in [2.45, 2.75) is 31.3 Å². The first-order valence-corrected chi connectivity index (χ1v) is 14.1. The second-order valence-corrected chi connectivity index (χ2v) is 11.6. The normalized spacial score (nSPS) is 11.6. The number of nitrogens with zero attached hydrogens (tertiary/aromatic N) is 3. The van der Waals surface area contributed by atoms with E-state index in [1.54, 1.807) is 19.2 Å². The molecule has 40 heavy (non-hydrogen) atoms. The molecule has 0 atom stereocenters. The molecule has 2 N–H and O–H groups in total. The van der Waals surface area contributed by atoms with Crippen molar-refractivity contribution in [1.82, 2.24) is 15.6 Å². The van der Waals surface area contributed by atoms with Crippen LogP contribution in [0.4, 0.5) is 0 Å². The maximum atomic E-state index is 12.6. The van der Waals surface area contributed by atoms with Gasteiger partial charge in [0.05, 0.1) is 36.8 Å². The number of halogens is 1. The molecule has 0 aliphatic carbocycles. The summed E-state index contributed by atoms with van der Waals surface area (Å²) in [5, 5.41) is 24.2. The Kier molecular flexibility index (Phi) is 9.16. The van der Waals surface area contributed by atoms with Crippen LogP contribution in [0.25, 0.3) is 17.1 Å². The molecule has 0 spiro atoms. The van der Waals surface area contributed by atoms with E-state index < -0.39 is 0 Å². The number of carbonyl (C=O) groups excluding carboxylic acids is 1. The molecule has 1 amide bonds. The highest BCUT2D eigenvalue weighted by molar-refractivity contribution is 9.10. The highest BCUT2D eigenvalue weighted by Crippen LogP contribution is 2.32. The molecule has 0 unspecified atom stereocenters. The number of ether oxygens (including phenoxy) is 2. The lowest BCUT2D eigenvalue weighted by Gasteiger charge is -2.18. The Hall–Kier alpha value is -3.83. The van der Waals surface area contributed by atoms with Crippen LogP contribution >= 0.6 is 27.7 Å². The van der Waals surface area contributed by atoms with Gasteiger partial charge in [0.15, 0.2) is 0 Å². The summed E-state index contributed by atoms with van der Waals surface area (Å²) in [5.74, 6) is 1.22. The summed E-state index contributed by atoms with van der Waals surface area (Å²) in [6, 6.07) is 19.2. The molecule has 0 saturated heterocycles. The number of nitrogens with one attached hydrogen (secondary N) is 2. The Morgan fingerprint density at radius 1 is 1.12 bits per heavy atom. The van der Waals surface area contributed by atoms with Crippen molar-refractivity contribution in [3.8, 4) is 34.3 Å². The number of aromatic amines is 1.